The molecule has 4 fully saturated rings. The average molecular weight is 835 g/mol. The van der Waals surface area contributed by atoms with E-state index >= 15 is 0 Å². The summed E-state index contributed by atoms with van der Waals surface area (Å²) < 4.78 is 48.8. The molecule has 0 bridgehead atoms. The number of aliphatic hydroxyl groups is 3. The summed E-state index contributed by atoms with van der Waals surface area (Å²) in [6.45, 7) is 0. The third-order valence-corrected chi connectivity index (χ3v) is 12.7. The molecule has 318 valence electrons. The molecule has 1 spiro atoms. The minimum absolute atomic E-state index is 0.435. The Labute approximate surface area is 361 Å². The molecule has 0 aromatic heterocycles. The Balaban J connectivity index is 1.18. The molecule has 6 aromatic carbocycles. The molecule has 4 aliphatic rings. The van der Waals surface area contributed by atoms with Gasteiger partial charge in [-0.3, -0.25) is 0 Å². The molecule has 1 aliphatic carbocycles. The summed E-state index contributed by atoms with van der Waals surface area (Å²) in [6.07, 6.45) is -8.10. The third kappa shape index (κ3) is 7.35. The number of hydrogen-bond donors (Lipinski definition) is 3. The van der Waals surface area contributed by atoms with Crippen molar-refractivity contribution < 1.29 is 48.5 Å². The molecule has 3 N–H and O–H groups in total. The Hall–Kier alpha value is -5.24. The van der Waals surface area contributed by atoms with E-state index in [1.54, 1.807) is 12.1 Å². The molecule has 9 unspecified atom stereocenters. The van der Waals surface area contributed by atoms with Crippen molar-refractivity contribution in [2.24, 2.45) is 0 Å². The summed E-state index contributed by atoms with van der Waals surface area (Å²) in [5.74, 6) is -0.614. The van der Waals surface area contributed by atoms with Gasteiger partial charge in [0.2, 0.25) is 6.29 Å². The minimum Gasteiger partial charge on any atom is -0.462 e. The molecule has 9 atom stereocenters. The predicted octanol–water partition coefficient (Wildman–Crippen LogP) is 7.90. The highest BCUT2D eigenvalue weighted by atomic mass is 16.8. The number of ether oxygens (including phenoxy) is 7. The Morgan fingerprint density at radius 2 is 0.952 bits per heavy atom. The van der Waals surface area contributed by atoms with Gasteiger partial charge in [0, 0.05) is 18.4 Å². The largest absolute Gasteiger partial charge is 0.462 e. The van der Waals surface area contributed by atoms with Crippen molar-refractivity contribution in [1.82, 2.24) is 0 Å². The fourth-order valence-corrected chi connectivity index (χ4v) is 9.70. The molecule has 6 aromatic rings. The molecule has 3 aliphatic heterocycles. The number of para-hydroxylation sites is 1. The van der Waals surface area contributed by atoms with Crippen molar-refractivity contribution in [3.63, 3.8) is 0 Å². The van der Waals surface area contributed by atoms with E-state index in [0.29, 0.717) is 46.4 Å². The fraction of sp³-hybridized carbons (Fsp3) is 0.308. The van der Waals surface area contributed by atoms with Crippen LogP contribution < -0.4 is 4.74 Å². The maximum atomic E-state index is 13.7. The quantitative estimate of drug-likeness (QED) is 0.119. The first-order valence-electron chi connectivity index (χ1n) is 21.5. The van der Waals surface area contributed by atoms with E-state index in [4.69, 9.17) is 33.2 Å². The lowest BCUT2D eigenvalue weighted by molar-refractivity contribution is -0.421. The van der Waals surface area contributed by atoms with Gasteiger partial charge in [-0.25, -0.2) is 0 Å². The van der Waals surface area contributed by atoms with Crippen LogP contribution in [0.25, 0.3) is 0 Å². The lowest BCUT2D eigenvalue weighted by Crippen LogP contribution is -2.67. The van der Waals surface area contributed by atoms with Gasteiger partial charge in [-0.1, -0.05) is 170 Å². The molecule has 10 nitrogen and oxygen atoms in total. The first-order chi connectivity index (χ1) is 30.4. The molecule has 1 saturated carbocycles. The van der Waals surface area contributed by atoms with E-state index in [1.165, 1.54) is 0 Å². The van der Waals surface area contributed by atoms with E-state index < -0.39 is 72.5 Å². The van der Waals surface area contributed by atoms with Crippen molar-refractivity contribution in [2.45, 2.75) is 98.2 Å². The van der Waals surface area contributed by atoms with E-state index in [2.05, 4.69) is 0 Å². The highest BCUT2D eigenvalue weighted by Crippen LogP contribution is 2.56. The summed E-state index contributed by atoms with van der Waals surface area (Å²) in [5.41, 5.74) is -0.0754. The molecule has 3 heterocycles. The number of aliphatic hydroxyl groups excluding tert-OH is 2. The molecule has 62 heavy (non-hydrogen) atoms. The molecule has 3 saturated heterocycles. The standard InChI is InChI=1S/C52H50O10/c53-41-42(54)48(56-40-31-17-6-18-32-40)58-44-43(41)57-47(35-21-7-1-8-22-35)59-49(44)62-52(38-27-13-4-14-28-38,39-29-15-5-16-30-39)46-45(60-50(61-46)33-19-20-34-50)51(55,36-23-9-2-10-24-36)37-25-11-3-12-26-37/h1-18,21-32,41-49,53-55H,19-20,33-34H2. The Morgan fingerprint density at radius 3 is 1.48 bits per heavy atom. The van der Waals surface area contributed by atoms with Crippen molar-refractivity contribution in [3.05, 3.63) is 210 Å². The summed E-state index contributed by atoms with van der Waals surface area (Å²) in [7, 11) is 0. The van der Waals surface area contributed by atoms with Crippen molar-refractivity contribution in [1.29, 1.82) is 0 Å². The zero-order valence-corrected chi connectivity index (χ0v) is 34.0. The zero-order chi connectivity index (χ0) is 42.2. The second-order valence-electron chi connectivity index (χ2n) is 16.5. The van der Waals surface area contributed by atoms with Crippen LogP contribution in [-0.4, -0.2) is 70.3 Å². The monoisotopic (exact) mass is 834 g/mol. The van der Waals surface area contributed by atoms with E-state index in [1.807, 2.05) is 170 Å². The second-order valence-corrected chi connectivity index (χ2v) is 16.5. The molecule has 0 radical (unpaired) electrons. The number of hydrogen-bond acceptors (Lipinski definition) is 10. The van der Waals surface area contributed by atoms with Crippen LogP contribution >= 0.6 is 0 Å². The van der Waals surface area contributed by atoms with Crippen LogP contribution in [0.3, 0.4) is 0 Å². The number of rotatable bonds is 11. The van der Waals surface area contributed by atoms with Crippen molar-refractivity contribution in [2.75, 3.05) is 0 Å². The van der Waals surface area contributed by atoms with Crippen LogP contribution in [-0.2, 0) is 39.6 Å². The lowest BCUT2D eigenvalue weighted by atomic mass is 9.71. The number of benzene rings is 6. The summed E-state index contributed by atoms with van der Waals surface area (Å²) in [6, 6.07) is 57.0. The molecule has 10 heteroatoms. The van der Waals surface area contributed by atoms with Gasteiger partial charge in [0.1, 0.15) is 48.0 Å². The SMILES string of the molecule is OC1C(Oc2ccccc2)OC2C(OC(c3ccccc3)(c3ccccc3)C3OC4(CCCC4)OC3C(O)(c3ccccc3)c3ccccc3)OC(c3ccccc3)OC2C1O. The van der Waals surface area contributed by atoms with Crippen LogP contribution in [0.15, 0.2) is 182 Å². The van der Waals surface area contributed by atoms with Crippen LogP contribution in [0, 0.1) is 0 Å². The molecule has 10 rings (SSSR count). The molecule has 0 amide bonds. The first kappa shape index (κ1) is 40.8. The molecular weight excluding hydrogens is 785 g/mol. The average Bonchev–Trinajstić information content (AvgIpc) is 3.97. The van der Waals surface area contributed by atoms with Gasteiger partial charge in [-0.2, -0.15) is 0 Å². The van der Waals surface area contributed by atoms with E-state index in [9.17, 15) is 15.3 Å². The van der Waals surface area contributed by atoms with E-state index in [-0.39, 0.29) is 0 Å². The van der Waals surface area contributed by atoms with Gasteiger partial charge in [-0.15, -0.1) is 0 Å². The van der Waals surface area contributed by atoms with Crippen LogP contribution in [0.5, 0.6) is 5.75 Å². The number of fused-ring (bicyclic) bond motifs is 1. The Bertz CT molecular complexity index is 2270. The first-order valence-corrected chi connectivity index (χ1v) is 21.5. The van der Waals surface area contributed by atoms with Crippen molar-refractivity contribution >= 4 is 0 Å². The van der Waals surface area contributed by atoms with Gasteiger partial charge in [0.05, 0.1) is 0 Å². The van der Waals surface area contributed by atoms with Crippen LogP contribution in [0.1, 0.15) is 59.8 Å². The van der Waals surface area contributed by atoms with Crippen LogP contribution in [0.2, 0.25) is 0 Å². The summed E-state index contributed by atoms with van der Waals surface area (Å²) >= 11 is 0. The minimum atomic E-state index is -1.76. The van der Waals surface area contributed by atoms with Crippen LogP contribution in [0.4, 0.5) is 0 Å². The highest BCUT2D eigenvalue weighted by Gasteiger charge is 2.66. The second kappa shape index (κ2) is 17.1. The topological polar surface area (TPSA) is 125 Å². The van der Waals surface area contributed by atoms with Gasteiger partial charge in [0.25, 0.3) is 0 Å². The predicted molar refractivity (Wildman–Crippen MR) is 228 cm³/mol. The van der Waals surface area contributed by atoms with E-state index in [0.717, 1.165) is 12.8 Å². The van der Waals surface area contributed by atoms with Gasteiger partial charge >= 0.3 is 0 Å². The summed E-state index contributed by atoms with van der Waals surface area (Å²) in [4.78, 5) is 0. The van der Waals surface area contributed by atoms with Gasteiger partial charge < -0.3 is 48.5 Å². The third-order valence-electron chi connectivity index (χ3n) is 12.7. The highest BCUT2D eigenvalue weighted by molar-refractivity contribution is 5.44. The Kier molecular flexibility index (Phi) is 11.3. The lowest BCUT2D eigenvalue weighted by Gasteiger charge is -2.52. The summed E-state index contributed by atoms with van der Waals surface area (Å²) in [5, 5.41) is 37.3. The maximum absolute atomic E-state index is 13.7. The zero-order valence-electron chi connectivity index (χ0n) is 34.0. The van der Waals surface area contributed by atoms with Gasteiger partial charge in [0.15, 0.2) is 24.0 Å². The fourth-order valence-electron chi connectivity index (χ4n) is 9.70. The van der Waals surface area contributed by atoms with Crippen molar-refractivity contribution in [3.8, 4) is 5.75 Å². The van der Waals surface area contributed by atoms with Gasteiger partial charge in [-0.05, 0) is 47.2 Å². The Morgan fingerprint density at radius 1 is 0.484 bits per heavy atom. The normalized spacial score (nSPS) is 28.3. The smallest absolute Gasteiger partial charge is 0.229 e. The maximum Gasteiger partial charge on any atom is 0.229 e. The molecular formula is C52H50O10.